The highest BCUT2D eigenvalue weighted by Crippen LogP contribution is 2.41. The normalized spacial score (nSPS) is 13.2. The van der Waals surface area contributed by atoms with Crippen molar-refractivity contribution in [2.24, 2.45) is 0 Å². The van der Waals surface area contributed by atoms with Crippen LogP contribution in [0.1, 0.15) is 120 Å². The number of hydrogen-bond acceptors (Lipinski definition) is 10. The van der Waals surface area contributed by atoms with E-state index in [1.165, 1.54) is 0 Å². The second kappa shape index (κ2) is 24.8. The minimum absolute atomic E-state index is 0.0104. The molecule has 0 spiro atoms. The van der Waals surface area contributed by atoms with Crippen LogP contribution in [0.4, 0.5) is 22.7 Å². The van der Waals surface area contributed by atoms with Crippen LogP contribution in [0, 0.1) is 27.0 Å². The Labute approximate surface area is 428 Å². The van der Waals surface area contributed by atoms with Crippen LogP contribution >= 0.6 is 23.2 Å². The van der Waals surface area contributed by atoms with Crippen molar-refractivity contribution >= 4 is 66.1 Å². The molecule has 0 radical (unpaired) electrons. The highest BCUT2D eigenvalue weighted by molar-refractivity contribution is 6.74. The molecule has 2 amide bonds. The third kappa shape index (κ3) is 14.5. The van der Waals surface area contributed by atoms with Gasteiger partial charge in [-0.25, -0.2) is 9.69 Å². The predicted octanol–water partition coefficient (Wildman–Crippen LogP) is 14.4. The lowest BCUT2D eigenvalue weighted by molar-refractivity contribution is -0.117. The first kappa shape index (κ1) is 55.7. The van der Waals surface area contributed by atoms with Crippen molar-refractivity contribution in [1.82, 2.24) is 20.4 Å². The molecule has 17 heteroatoms. The molecule has 0 aliphatic carbocycles. The van der Waals surface area contributed by atoms with Gasteiger partial charge in [-0.2, -0.15) is 0 Å². The zero-order valence-electron chi connectivity index (χ0n) is 42.4. The lowest BCUT2D eigenvalue weighted by Crippen LogP contribution is -2.44. The van der Waals surface area contributed by atoms with E-state index >= 15 is 0 Å². The number of nitrogens with one attached hydrogen (secondary N) is 2. The summed E-state index contributed by atoms with van der Waals surface area (Å²) in [7, 11) is -2.09. The summed E-state index contributed by atoms with van der Waals surface area (Å²) in [6.45, 7) is 37.1. The molecular formula is C54H64Cl2N8O6Si. The highest BCUT2D eigenvalue weighted by atomic mass is 35.5. The summed E-state index contributed by atoms with van der Waals surface area (Å²) in [6, 6.07) is 21.8. The molecule has 2 aromatic heterocycles. The summed E-state index contributed by atoms with van der Waals surface area (Å²) in [5, 5.41) is 34.1. The molecule has 0 fully saturated rings. The predicted molar refractivity (Wildman–Crippen MR) is 284 cm³/mol. The first-order valence-electron chi connectivity index (χ1n) is 23.7. The van der Waals surface area contributed by atoms with Crippen molar-refractivity contribution in [2.45, 2.75) is 143 Å². The van der Waals surface area contributed by atoms with E-state index in [9.17, 15) is 14.7 Å². The van der Waals surface area contributed by atoms with E-state index in [0.717, 1.165) is 46.3 Å². The highest BCUT2D eigenvalue weighted by Gasteiger charge is 2.41. The fourth-order valence-electron chi connectivity index (χ4n) is 7.45. The quantitative estimate of drug-likeness (QED) is 0.0555. The zero-order chi connectivity index (χ0) is 52.2. The Morgan fingerprint density at radius 1 is 0.690 bits per heavy atom. The van der Waals surface area contributed by atoms with E-state index in [1.54, 1.807) is 43.3 Å². The smallest absolute Gasteiger partial charge is 0.247 e. The van der Waals surface area contributed by atoms with Crippen LogP contribution in [-0.4, -0.2) is 57.8 Å². The van der Waals surface area contributed by atoms with Crippen LogP contribution in [0.15, 0.2) is 81.6 Å². The summed E-state index contributed by atoms with van der Waals surface area (Å²) in [6.07, 6.45) is 2.61. The Hall–Kier alpha value is -6.20. The van der Waals surface area contributed by atoms with Gasteiger partial charge in [-0.05, 0) is 142 Å². The monoisotopic (exact) mass is 1020 g/mol. The third-order valence-corrected chi connectivity index (χ3v) is 18.3. The lowest BCUT2D eigenvalue weighted by Gasteiger charge is -2.40. The molecule has 0 unspecified atom stereocenters. The van der Waals surface area contributed by atoms with Gasteiger partial charge in [0.1, 0.15) is 0 Å². The van der Waals surface area contributed by atoms with Gasteiger partial charge in [0.05, 0.1) is 47.2 Å². The van der Waals surface area contributed by atoms with Crippen LogP contribution in [0.2, 0.25) is 28.2 Å². The Morgan fingerprint density at radius 2 is 1.08 bits per heavy atom. The van der Waals surface area contributed by atoms with E-state index in [2.05, 4.69) is 81.5 Å². The van der Waals surface area contributed by atoms with Crippen molar-refractivity contribution in [3.63, 3.8) is 0 Å². The van der Waals surface area contributed by atoms with Gasteiger partial charge in [0.2, 0.25) is 46.8 Å². The van der Waals surface area contributed by atoms with Gasteiger partial charge in [0, 0.05) is 35.3 Å². The maximum Gasteiger partial charge on any atom is 0.247 e. The molecule has 6 rings (SSSR count). The van der Waals surface area contributed by atoms with Crippen LogP contribution in [0.25, 0.3) is 32.6 Å². The lowest BCUT2D eigenvalue weighted by atomic mass is 9.92. The molecule has 0 saturated heterocycles. The summed E-state index contributed by atoms with van der Waals surface area (Å²) in [5.74, 6) is 0.846. The molecule has 0 aliphatic rings. The number of anilines is 2. The van der Waals surface area contributed by atoms with Crippen molar-refractivity contribution in [2.75, 3.05) is 10.6 Å². The molecule has 0 aliphatic heterocycles. The standard InChI is InChI=1S/C30H39ClN4O3Si.C24H25ClN4O3/c1-10-11-26(36)33-23-15-12-21(13-16-23)28-34-35-29(37-28)24(20(3)38-39(8,9)30(4,5)6)18-22-14-17-25(32-7)27(31)19(22)2;1-5-6-21(31)27-18-10-7-16(8-11-18)23-28-29-24(32-23)19(15(3)30)13-17-9-12-20(26-4)22(25)14(17)2/h12-17,20,24H,10-11,18H2,1-6,8-9H3,(H,33,36);7-12,15,19,30H,5-6,13H2,1-3H3,(H,27,31)/t20-,24-;15-,19-/m11/s1. The molecule has 0 bridgehead atoms. The van der Waals surface area contributed by atoms with Gasteiger partial charge in [0.15, 0.2) is 8.32 Å². The van der Waals surface area contributed by atoms with Crippen molar-refractivity contribution in [3.05, 3.63) is 140 Å². The Bertz CT molecular complexity index is 2860. The van der Waals surface area contributed by atoms with Gasteiger partial charge in [-0.15, -0.1) is 20.4 Å². The Balaban J connectivity index is 0.000000269. The third-order valence-electron chi connectivity index (χ3n) is 12.8. The molecular weight excluding hydrogens is 956 g/mol. The number of amides is 2. The summed E-state index contributed by atoms with van der Waals surface area (Å²) >= 11 is 12.8. The summed E-state index contributed by atoms with van der Waals surface area (Å²) in [4.78, 5) is 30.6. The van der Waals surface area contributed by atoms with Crippen molar-refractivity contribution in [1.29, 1.82) is 0 Å². The van der Waals surface area contributed by atoms with Gasteiger partial charge < -0.3 is 29.0 Å². The van der Waals surface area contributed by atoms with E-state index in [4.69, 9.17) is 49.6 Å². The largest absolute Gasteiger partial charge is 0.420 e. The van der Waals surface area contributed by atoms with Gasteiger partial charge in [0.25, 0.3) is 0 Å². The Kier molecular flexibility index (Phi) is 19.4. The first-order chi connectivity index (χ1) is 33.6. The summed E-state index contributed by atoms with van der Waals surface area (Å²) < 4.78 is 18.9. The van der Waals surface area contributed by atoms with E-state index in [-0.39, 0.29) is 28.9 Å². The number of hydrogen-bond donors (Lipinski definition) is 3. The number of aliphatic hydroxyl groups excluding tert-OH is 1. The van der Waals surface area contributed by atoms with E-state index in [1.807, 2.05) is 64.1 Å². The van der Waals surface area contributed by atoms with Gasteiger partial charge in [-0.3, -0.25) is 9.59 Å². The molecule has 3 N–H and O–H groups in total. The molecule has 0 saturated carbocycles. The minimum Gasteiger partial charge on any atom is -0.420 e. The number of halogens is 2. The zero-order valence-corrected chi connectivity index (χ0v) is 44.9. The molecule has 4 atom stereocenters. The number of carbonyl (C=O) groups excluding carboxylic acids is 2. The van der Waals surface area contributed by atoms with Crippen LogP contribution in [0.3, 0.4) is 0 Å². The molecule has 71 heavy (non-hydrogen) atoms. The SMILES string of the molecule is [C-]#[N+]c1ccc(C[C@@H](c2nnc(-c3ccc(NC(=O)CCC)cc3)o2)[C@@H](C)O)c(C)c1Cl.[C-]#[N+]c1ccc(C[C@@H](c2nnc(-c3ccc(NC(=O)CCC)cc3)o2)[C@@H](C)O[Si](C)(C)C(C)(C)C)c(C)c1Cl. The fourth-order valence-corrected chi connectivity index (χ4v) is 9.35. The molecule has 14 nitrogen and oxygen atoms in total. The number of aliphatic hydroxyl groups is 1. The second-order valence-corrected chi connectivity index (χ2v) is 24.7. The Morgan fingerprint density at radius 3 is 1.45 bits per heavy atom. The molecule has 2 heterocycles. The maximum atomic E-state index is 11.9. The number of benzene rings is 4. The minimum atomic E-state index is -2.09. The van der Waals surface area contributed by atoms with Crippen molar-refractivity contribution < 1.29 is 28.0 Å². The number of carbonyl (C=O) groups is 2. The van der Waals surface area contributed by atoms with Crippen LogP contribution in [0.5, 0.6) is 0 Å². The molecule has 6 aromatic rings. The van der Waals surface area contributed by atoms with Crippen molar-refractivity contribution in [3.8, 4) is 22.9 Å². The number of aromatic nitrogens is 4. The van der Waals surface area contributed by atoms with Crippen LogP contribution in [-0.2, 0) is 26.9 Å². The average molecular weight is 1020 g/mol. The van der Waals surface area contributed by atoms with E-state index < -0.39 is 20.3 Å². The number of rotatable bonds is 18. The average Bonchev–Trinajstić information content (AvgIpc) is 4.02. The second-order valence-electron chi connectivity index (χ2n) is 19.2. The van der Waals surface area contributed by atoms with Crippen LogP contribution < -0.4 is 10.6 Å². The maximum absolute atomic E-state index is 11.9. The first-order valence-corrected chi connectivity index (χ1v) is 27.4. The van der Waals surface area contributed by atoms with E-state index in [0.29, 0.717) is 81.9 Å². The van der Waals surface area contributed by atoms with Gasteiger partial charge in [-0.1, -0.05) is 82.1 Å². The molecule has 4 aromatic carbocycles. The van der Waals surface area contributed by atoms with Gasteiger partial charge >= 0.3 is 0 Å². The summed E-state index contributed by atoms with van der Waals surface area (Å²) in [5.41, 5.74) is 7.31. The molecule has 374 valence electrons. The topological polar surface area (TPSA) is 174 Å². The number of nitrogens with zero attached hydrogens (tertiary/aromatic N) is 6. The fraction of sp³-hybridized carbons (Fsp3) is 0.407.